The van der Waals surface area contributed by atoms with E-state index in [1.165, 1.54) is 18.2 Å². The lowest BCUT2D eigenvalue weighted by Crippen LogP contribution is -2.09. The highest BCUT2D eigenvalue weighted by Crippen LogP contribution is 2.18. The van der Waals surface area contributed by atoms with E-state index in [1.807, 2.05) is 6.07 Å². The molecular formula is C10H6BrFN2S. The van der Waals surface area contributed by atoms with Gasteiger partial charge in [0.05, 0.1) is 10.0 Å². The van der Waals surface area contributed by atoms with E-state index >= 15 is 0 Å². The van der Waals surface area contributed by atoms with Crippen molar-refractivity contribution in [2.75, 3.05) is 0 Å². The molecule has 0 heterocycles. The normalized spacial score (nSPS) is 10.9. The maximum atomic E-state index is 12.9. The van der Waals surface area contributed by atoms with Gasteiger partial charge in [0.15, 0.2) is 0 Å². The zero-order chi connectivity index (χ0) is 11.4. The summed E-state index contributed by atoms with van der Waals surface area (Å²) < 4.78 is 13.2. The quantitative estimate of drug-likeness (QED) is 0.516. The zero-order valence-corrected chi connectivity index (χ0v) is 9.90. The smallest absolute Gasteiger partial charge is 0.137 e. The van der Waals surface area contributed by atoms with Crippen molar-refractivity contribution < 1.29 is 4.39 Å². The lowest BCUT2D eigenvalue weighted by molar-refractivity contribution is 0.621. The van der Waals surface area contributed by atoms with Crippen LogP contribution in [0.1, 0.15) is 5.56 Å². The van der Waals surface area contributed by atoms with Gasteiger partial charge in [0.25, 0.3) is 0 Å². The maximum absolute atomic E-state index is 12.9. The van der Waals surface area contributed by atoms with E-state index < -0.39 is 0 Å². The molecule has 0 aliphatic rings. The number of nitrogens with two attached hydrogens (primary N) is 1. The van der Waals surface area contributed by atoms with Gasteiger partial charge in [-0.25, -0.2) is 4.39 Å². The summed E-state index contributed by atoms with van der Waals surface area (Å²) in [4.78, 5) is 0.0259. The van der Waals surface area contributed by atoms with Crippen molar-refractivity contribution in [2.24, 2.45) is 5.73 Å². The van der Waals surface area contributed by atoms with Gasteiger partial charge in [-0.05, 0) is 39.7 Å². The molecule has 0 fully saturated rings. The fourth-order valence-electron chi connectivity index (χ4n) is 0.927. The number of rotatable bonds is 2. The minimum absolute atomic E-state index is 0.0259. The monoisotopic (exact) mass is 284 g/mol. The summed E-state index contributed by atoms with van der Waals surface area (Å²) in [5.41, 5.74) is 6.18. The van der Waals surface area contributed by atoms with Crippen LogP contribution in [0.5, 0.6) is 0 Å². The summed E-state index contributed by atoms with van der Waals surface area (Å²) in [5, 5.41) is 8.71. The molecule has 15 heavy (non-hydrogen) atoms. The second kappa shape index (κ2) is 5.01. The van der Waals surface area contributed by atoms with Crippen LogP contribution < -0.4 is 5.73 Å². The first kappa shape index (κ1) is 11.8. The van der Waals surface area contributed by atoms with E-state index in [4.69, 9.17) is 11.0 Å². The molecule has 0 amide bonds. The van der Waals surface area contributed by atoms with Crippen LogP contribution in [0.2, 0.25) is 0 Å². The Morgan fingerprint density at radius 3 is 2.73 bits per heavy atom. The lowest BCUT2D eigenvalue weighted by atomic mass is 10.1. The molecule has 1 aromatic carbocycles. The molecule has 0 aliphatic carbocycles. The second-order valence-corrected chi connectivity index (χ2v) is 4.00. The van der Waals surface area contributed by atoms with Crippen LogP contribution in [0.3, 0.4) is 0 Å². The molecule has 76 valence electrons. The number of halogens is 2. The number of nitrogens with zero attached hydrogens (tertiary/aromatic N) is 1. The average Bonchev–Trinajstić information content (AvgIpc) is 2.19. The summed E-state index contributed by atoms with van der Waals surface area (Å²) in [5.74, 6) is -0.360. The number of benzene rings is 1. The summed E-state index contributed by atoms with van der Waals surface area (Å²) in [7, 11) is 0. The van der Waals surface area contributed by atoms with Crippen LogP contribution in [0.15, 0.2) is 28.2 Å². The Bertz CT molecular complexity index is 477. The van der Waals surface area contributed by atoms with E-state index in [9.17, 15) is 4.39 Å². The summed E-state index contributed by atoms with van der Waals surface area (Å²) in [6.07, 6.45) is 1.51. The molecule has 2 N–H and O–H groups in total. The largest absolute Gasteiger partial charge is 0.389 e. The van der Waals surface area contributed by atoms with Crippen LogP contribution in [0.4, 0.5) is 4.39 Å². The minimum Gasteiger partial charge on any atom is -0.389 e. The summed E-state index contributed by atoms with van der Waals surface area (Å²) in [6.45, 7) is 0. The third-order valence-electron chi connectivity index (χ3n) is 1.64. The van der Waals surface area contributed by atoms with E-state index in [0.717, 1.165) is 0 Å². The van der Waals surface area contributed by atoms with Gasteiger partial charge in [-0.15, -0.1) is 0 Å². The first-order valence-corrected chi connectivity index (χ1v) is 5.11. The number of nitriles is 1. The van der Waals surface area contributed by atoms with Crippen molar-refractivity contribution in [1.29, 1.82) is 5.26 Å². The van der Waals surface area contributed by atoms with E-state index in [1.54, 1.807) is 6.07 Å². The highest BCUT2D eigenvalue weighted by atomic mass is 79.9. The number of thiocarbonyl (C=S) groups is 1. The molecule has 0 aromatic heterocycles. The van der Waals surface area contributed by atoms with Gasteiger partial charge in [-0.3, -0.25) is 0 Å². The lowest BCUT2D eigenvalue weighted by Gasteiger charge is -1.98. The molecule has 0 aliphatic heterocycles. The van der Waals surface area contributed by atoms with Crippen LogP contribution >= 0.6 is 28.1 Å². The molecule has 0 saturated carbocycles. The summed E-state index contributed by atoms with van der Waals surface area (Å²) in [6, 6.07) is 6.25. The van der Waals surface area contributed by atoms with Gasteiger partial charge in [-0.2, -0.15) is 5.26 Å². The molecule has 2 nitrogen and oxygen atoms in total. The first-order chi connectivity index (χ1) is 7.04. The van der Waals surface area contributed by atoms with Gasteiger partial charge in [0.1, 0.15) is 16.9 Å². The van der Waals surface area contributed by atoms with Crippen molar-refractivity contribution in [2.45, 2.75) is 0 Å². The van der Waals surface area contributed by atoms with Crippen LogP contribution in [-0.4, -0.2) is 4.99 Å². The van der Waals surface area contributed by atoms with Crippen molar-refractivity contribution in [3.63, 3.8) is 0 Å². The Balaban J connectivity index is 3.14. The van der Waals surface area contributed by atoms with E-state index in [-0.39, 0.29) is 16.4 Å². The standard InChI is InChI=1S/C10H6BrFN2S/c11-8-4-6(1-2-9(8)12)3-7(5-13)10(14)15/h1-4H,(H2,14,15)/b7-3+. The minimum atomic E-state index is -0.360. The van der Waals surface area contributed by atoms with Crippen LogP contribution in [0.25, 0.3) is 6.08 Å². The maximum Gasteiger partial charge on any atom is 0.137 e. The van der Waals surface area contributed by atoms with Gasteiger partial charge < -0.3 is 5.73 Å². The predicted octanol–water partition coefficient (Wildman–Crippen LogP) is 2.78. The van der Waals surface area contributed by atoms with Gasteiger partial charge in [-0.1, -0.05) is 18.3 Å². The SMILES string of the molecule is N#C/C(=C\c1ccc(F)c(Br)c1)C(N)=S. The topological polar surface area (TPSA) is 49.8 Å². The molecule has 5 heteroatoms. The van der Waals surface area contributed by atoms with Gasteiger partial charge >= 0.3 is 0 Å². The first-order valence-electron chi connectivity index (χ1n) is 3.91. The molecule has 0 bridgehead atoms. The molecule has 0 atom stereocenters. The highest BCUT2D eigenvalue weighted by Gasteiger charge is 2.02. The van der Waals surface area contributed by atoms with Gasteiger partial charge in [0.2, 0.25) is 0 Å². The molecule has 0 unspecified atom stereocenters. The number of hydrogen-bond acceptors (Lipinski definition) is 2. The Hall–Kier alpha value is -1.25. The van der Waals surface area contributed by atoms with Crippen molar-refractivity contribution in [1.82, 2.24) is 0 Å². The van der Waals surface area contributed by atoms with Gasteiger partial charge in [0, 0.05) is 0 Å². The van der Waals surface area contributed by atoms with Crippen molar-refractivity contribution in [3.8, 4) is 6.07 Å². The molecule has 0 spiro atoms. The van der Waals surface area contributed by atoms with Crippen LogP contribution in [0, 0.1) is 17.1 Å². The van der Waals surface area contributed by atoms with E-state index in [2.05, 4.69) is 28.1 Å². The predicted molar refractivity (Wildman–Crippen MR) is 64.5 cm³/mol. The fourth-order valence-corrected chi connectivity index (χ4v) is 1.43. The second-order valence-electron chi connectivity index (χ2n) is 2.71. The molecular weight excluding hydrogens is 279 g/mol. The van der Waals surface area contributed by atoms with E-state index in [0.29, 0.717) is 10.0 Å². The number of hydrogen-bond donors (Lipinski definition) is 1. The fraction of sp³-hybridized carbons (Fsp3) is 0. The Morgan fingerprint density at radius 2 is 2.27 bits per heavy atom. The molecule has 0 saturated heterocycles. The third kappa shape index (κ3) is 3.11. The summed E-state index contributed by atoms with van der Waals surface area (Å²) >= 11 is 7.72. The Morgan fingerprint density at radius 1 is 1.60 bits per heavy atom. The zero-order valence-electron chi connectivity index (χ0n) is 7.50. The molecule has 1 rings (SSSR count). The Labute approximate surface area is 100 Å². The van der Waals surface area contributed by atoms with Crippen molar-refractivity contribution in [3.05, 3.63) is 39.6 Å². The average molecular weight is 285 g/mol. The molecule has 0 radical (unpaired) electrons. The van der Waals surface area contributed by atoms with Crippen LogP contribution in [-0.2, 0) is 0 Å². The molecule has 1 aromatic rings. The van der Waals surface area contributed by atoms with Crippen molar-refractivity contribution >= 4 is 39.2 Å². The third-order valence-corrected chi connectivity index (χ3v) is 2.47. The highest BCUT2D eigenvalue weighted by molar-refractivity contribution is 9.10. The Kier molecular flexibility index (Phi) is 3.95.